The molecule has 3 amide bonds. The Balaban J connectivity index is 1.12. The Morgan fingerprint density at radius 2 is 1.72 bits per heavy atom. The highest BCUT2D eigenvalue weighted by Gasteiger charge is 2.21. The van der Waals surface area contributed by atoms with Crippen molar-refractivity contribution >= 4 is 29.0 Å². The van der Waals surface area contributed by atoms with Gasteiger partial charge >= 0.3 is 6.03 Å². The molecule has 1 aromatic carbocycles. The summed E-state index contributed by atoms with van der Waals surface area (Å²) >= 11 is 0. The number of carbonyl (C=O) groups excluding carboxylic acids is 2. The van der Waals surface area contributed by atoms with E-state index in [1.54, 1.807) is 12.1 Å². The summed E-state index contributed by atoms with van der Waals surface area (Å²) in [6, 6.07) is 11.1. The Morgan fingerprint density at radius 1 is 0.972 bits per heavy atom. The van der Waals surface area contributed by atoms with Crippen LogP contribution in [0.3, 0.4) is 0 Å². The number of hydrogen-bond acceptors (Lipinski definition) is 4. The Labute approximate surface area is 211 Å². The highest BCUT2D eigenvalue weighted by molar-refractivity contribution is 6.08. The molecule has 184 valence electrons. The molecular weight excluding hydrogens is 450 g/mol. The number of urea groups is 1. The number of fused-ring (bicyclic) bond motifs is 1. The molecule has 1 aromatic heterocycles. The van der Waals surface area contributed by atoms with Crippen molar-refractivity contribution in [3.63, 3.8) is 0 Å². The molecule has 2 aliphatic carbocycles. The lowest BCUT2D eigenvalue weighted by Gasteiger charge is -2.33. The van der Waals surface area contributed by atoms with Gasteiger partial charge in [-0.3, -0.25) is 9.78 Å². The average Bonchev–Trinajstić information content (AvgIpc) is 2.93. The Bertz CT molecular complexity index is 1220. The van der Waals surface area contributed by atoms with E-state index in [1.165, 1.54) is 5.69 Å². The number of carbonyl (C=O) groups is 2. The zero-order valence-electron chi connectivity index (χ0n) is 20.2. The predicted octanol–water partition coefficient (Wildman–Crippen LogP) is 5.06. The Hall–Kier alpha value is -4.13. The van der Waals surface area contributed by atoms with E-state index < -0.39 is 0 Å². The fraction of sp³-hybridized carbons (Fsp3) is 0.276. The zero-order valence-corrected chi connectivity index (χ0v) is 20.2. The lowest BCUT2D eigenvalue weighted by atomic mass is 9.85. The van der Waals surface area contributed by atoms with E-state index >= 15 is 0 Å². The third-order valence-corrected chi connectivity index (χ3v) is 6.96. The number of amides is 3. The highest BCUT2D eigenvalue weighted by Crippen LogP contribution is 2.30. The maximum atomic E-state index is 12.9. The van der Waals surface area contributed by atoms with Gasteiger partial charge in [-0.15, -0.1) is 0 Å². The lowest BCUT2D eigenvalue weighted by Crippen LogP contribution is -2.39. The first-order valence-electron chi connectivity index (χ1n) is 12.5. The van der Waals surface area contributed by atoms with Crippen molar-refractivity contribution in [3.8, 4) is 0 Å². The molecule has 2 heterocycles. The van der Waals surface area contributed by atoms with Crippen LogP contribution in [0.5, 0.6) is 0 Å². The topological polar surface area (TPSA) is 86.4 Å². The number of rotatable bonds is 6. The quantitative estimate of drug-likeness (QED) is 0.539. The van der Waals surface area contributed by atoms with Gasteiger partial charge in [0.25, 0.3) is 5.91 Å². The second kappa shape index (κ2) is 11.1. The maximum Gasteiger partial charge on any atom is 0.319 e. The molecule has 1 fully saturated rings. The standard InChI is InChI=1S/C29H31N5O2/c35-28(24-10-9-22-5-1-2-6-23(22)19-24)32-26-7-3-4-8-27(26)33-29(36)31-20-21-13-17-34(18-14-21)25-11-15-30-16-12-25/h1-8,10-12,15-16,19,21-22H,9,13-14,17-18,20H2,(H,32,35)(H2,31,33,36). The number of piperidine rings is 1. The molecular formula is C29H31N5O2. The van der Waals surface area contributed by atoms with Gasteiger partial charge in [0.2, 0.25) is 0 Å². The normalized spacial score (nSPS) is 19.1. The van der Waals surface area contributed by atoms with Gasteiger partial charge in [0.05, 0.1) is 11.4 Å². The van der Waals surface area contributed by atoms with E-state index in [4.69, 9.17) is 0 Å². The molecule has 7 heteroatoms. The number of nitrogens with one attached hydrogen (secondary N) is 3. The summed E-state index contributed by atoms with van der Waals surface area (Å²) in [6.07, 6.45) is 18.6. The van der Waals surface area contributed by atoms with Crippen LogP contribution in [0.2, 0.25) is 0 Å². The van der Waals surface area contributed by atoms with Gasteiger partial charge in [0.15, 0.2) is 0 Å². The summed E-state index contributed by atoms with van der Waals surface area (Å²) in [7, 11) is 0. The van der Waals surface area contributed by atoms with Gasteiger partial charge in [-0.2, -0.15) is 0 Å². The van der Waals surface area contributed by atoms with E-state index in [0.29, 0.717) is 35.3 Å². The van der Waals surface area contributed by atoms with Gasteiger partial charge in [-0.05, 0) is 61.1 Å². The van der Waals surface area contributed by atoms with Crippen molar-refractivity contribution in [3.05, 3.63) is 96.4 Å². The molecule has 5 rings (SSSR count). The first-order chi connectivity index (χ1) is 17.7. The Kier molecular flexibility index (Phi) is 7.26. The van der Waals surface area contributed by atoms with Gasteiger partial charge in [0.1, 0.15) is 0 Å². The van der Waals surface area contributed by atoms with Gasteiger partial charge in [-0.25, -0.2) is 4.79 Å². The zero-order chi connectivity index (χ0) is 24.7. The number of para-hydroxylation sites is 2. The summed E-state index contributed by atoms with van der Waals surface area (Å²) in [5.41, 5.74) is 4.11. The van der Waals surface area contributed by atoms with E-state index in [-0.39, 0.29) is 11.9 Å². The first kappa shape index (κ1) is 23.6. The van der Waals surface area contributed by atoms with Crippen LogP contribution >= 0.6 is 0 Å². The number of anilines is 3. The van der Waals surface area contributed by atoms with Gasteiger partial charge in [0, 0.05) is 49.2 Å². The second-order valence-electron chi connectivity index (χ2n) is 9.36. The summed E-state index contributed by atoms with van der Waals surface area (Å²) in [6.45, 7) is 2.55. The van der Waals surface area contributed by atoms with Crippen molar-refractivity contribution in [2.24, 2.45) is 11.8 Å². The Morgan fingerprint density at radius 3 is 2.50 bits per heavy atom. The van der Waals surface area contributed by atoms with Gasteiger partial charge in [-0.1, -0.05) is 42.5 Å². The predicted molar refractivity (Wildman–Crippen MR) is 144 cm³/mol. The van der Waals surface area contributed by atoms with Crippen LogP contribution in [0, 0.1) is 11.8 Å². The van der Waals surface area contributed by atoms with Crippen molar-refractivity contribution in [1.82, 2.24) is 10.3 Å². The molecule has 1 aliphatic heterocycles. The fourth-order valence-electron chi connectivity index (χ4n) is 4.87. The molecule has 3 aliphatic rings. The summed E-state index contributed by atoms with van der Waals surface area (Å²) in [5, 5.41) is 8.87. The minimum absolute atomic E-state index is 0.181. The third kappa shape index (κ3) is 5.74. The average molecular weight is 482 g/mol. The molecule has 2 aromatic rings. The lowest BCUT2D eigenvalue weighted by molar-refractivity contribution is -0.112. The number of allylic oxidation sites excluding steroid dienone is 6. The molecule has 36 heavy (non-hydrogen) atoms. The minimum Gasteiger partial charge on any atom is -0.371 e. The number of pyridine rings is 1. The van der Waals surface area contributed by atoms with Crippen molar-refractivity contribution in [2.45, 2.75) is 19.3 Å². The highest BCUT2D eigenvalue weighted by atomic mass is 16.2. The van der Waals surface area contributed by atoms with E-state index in [9.17, 15) is 9.59 Å². The smallest absolute Gasteiger partial charge is 0.319 e. The third-order valence-electron chi connectivity index (χ3n) is 6.96. The summed E-state index contributed by atoms with van der Waals surface area (Å²) in [5.74, 6) is 0.592. The minimum atomic E-state index is -0.269. The van der Waals surface area contributed by atoms with Crippen LogP contribution in [-0.4, -0.2) is 36.6 Å². The van der Waals surface area contributed by atoms with Crippen molar-refractivity contribution < 1.29 is 9.59 Å². The molecule has 1 saturated heterocycles. The van der Waals surface area contributed by atoms with Crippen LogP contribution in [0.25, 0.3) is 0 Å². The molecule has 0 bridgehead atoms. The maximum absolute atomic E-state index is 12.9. The summed E-state index contributed by atoms with van der Waals surface area (Å²) < 4.78 is 0. The molecule has 7 nitrogen and oxygen atoms in total. The van der Waals surface area contributed by atoms with Gasteiger partial charge < -0.3 is 20.9 Å². The number of benzene rings is 1. The first-order valence-corrected chi connectivity index (χ1v) is 12.5. The van der Waals surface area contributed by atoms with Crippen LogP contribution < -0.4 is 20.9 Å². The molecule has 0 spiro atoms. The summed E-state index contributed by atoms with van der Waals surface area (Å²) in [4.78, 5) is 32.0. The van der Waals surface area contributed by atoms with Crippen molar-refractivity contribution in [1.29, 1.82) is 0 Å². The van der Waals surface area contributed by atoms with Crippen LogP contribution in [-0.2, 0) is 4.79 Å². The van der Waals surface area contributed by atoms with Crippen LogP contribution in [0.4, 0.5) is 21.9 Å². The monoisotopic (exact) mass is 481 g/mol. The number of hydrogen-bond donors (Lipinski definition) is 3. The SMILES string of the molecule is O=C(NCC1CCN(c2ccncc2)CC1)Nc1ccccc1NC(=O)C1=CCC2C=CC=CC2=C1. The van der Waals surface area contributed by atoms with Crippen LogP contribution in [0.1, 0.15) is 19.3 Å². The second-order valence-corrected chi connectivity index (χ2v) is 9.36. The fourth-order valence-corrected chi connectivity index (χ4v) is 4.87. The van der Waals surface area contributed by atoms with E-state index in [2.05, 4.69) is 31.9 Å². The van der Waals surface area contributed by atoms with Crippen molar-refractivity contribution in [2.75, 3.05) is 35.2 Å². The van der Waals surface area contributed by atoms with E-state index in [1.807, 2.05) is 67.0 Å². The largest absolute Gasteiger partial charge is 0.371 e. The number of nitrogens with zero attached hydrogens (tertiary/aromatic N) is 2. The number of aromatic nitrogens is 1. The molecule has 1 atom stereocenters. The molecule has 0 radical (unpaired) electrons. The molecule has 1 unspecified atom stereocenters. The van der Waals surface area contributed by atoms with Crippen LogP contribution in [0.15, 0.2) is 96.4 Å². The molecule has 0 saturated carbocycles. The van der Waals surface area contributed by atoms with E-state index in [0.717, 1.165) is 37.9 Å². The molecule has 3 N–H and O–H groups in total.